The molecule has 1 unspecified atom stereocenters. The Balaban J connectivity index is 0.00000208. The SMILES string of the molecule is COc1ccsc1S(=O)(=O)N1CCNCC1c1cccc(Cl)c1.Cl. The first-order chi connectivity index (χ1) is 11.0. The van der Waals surface area contributed by atoms with E-state index in [9.17, 15) is 8.42 Å². The molecular weight excluding hydrogens is 391 g/mol. The van der Waals surface area contributed by atoms with Crippen LogP contribution in [0.25, 0.3) is 0 Å². The Hall–Kier alpha value is -0.830. The Labute approximate surface area is 157 Å². The Kier molecular flexibility index (Phi) is 6.52. The number of piperazine rings is 1. The van der Waals surface area contributed by atoms with Gasteiger partial charge < -0.3 is 10.1 Å². The third-order valence-corrected chi connectivity index (χ3v) is 7.35. The molecule has 24 heavy (non-hydrogen) atoms. The molecule has 0 bridgehead atoms. The number of hydrogen-bond donors (Lipinski definition) is 1. The quantitative estimate of drug-likeness (QED) is 0.843. The van der Waals surface area contributed by atoms with Crippen LogP contribution in [0.4, 0.5) is 0 Å². The van der Waals surface area contributed by atoms with Gasteiger partial charge in [0, 0.05) is 24.7 Å². The molecule has 1 aromatic heterocycles. The molecule has 0 amide bonds. The van der Waals surface area contributed by atoms with Crippen LogP contribution in [0, 0.1) is 0 Å². The van der Waals surface area contributed by atoms with Crippen molar-refractivity contribution < 1.29 is 13.2 Å². The molecule has 1 aliphatic rings. The van der Waals surface area contributed by atoms with Gasteiger partial charge in [-0.15, -0.1) is 23.7 Å². The largest absolute Gasteiger partial charge is 0.494 e. The van der Waals surface area contributed by atoms with E-state index < -0.39 is 10.0 Å². The lowest BCUT2D eigenvalue weighted by Crippen LogP contribution is -2.48. The molecule has 132 valence electrons. The smallest absolute Gasteiger partial charge is 0.256 e. The van der Waals surface area contributed by atoms with E-state index in [1.54, 1.807) is 17.5 Å². The van der Waals surface area contributed by atoms with Gasteiger partial charge in [-0.2, -0.15) is 4.31 Å². The van der Waals surface area contributed by atoms with Gasteiger partial charge in [-0.3, -0.25) is 0 Å². The van der Waals surface area contributed by atoms with Crippen LogP contribution in [0.2, 0.25) is 5.02 Å². The van der Waals surface area contributed by atoms with Crippen LogP contribution >= 0.6 is 35.3 Å². The molecule has 0 spiro atoms. The maximum Gasteiger partial charge on any atom is 0.256 e. The van der Waals surface area contributed by atoms with Gasteiger partial charge in [-0.05, 0) is 29.1 Å². The van der Waals surface area contributed by atoms with Crippen LogP contribution in [0.3, 0.4) is 0 Å². The first kappa shape index (κ1) is 19.5. The first-order valence-electron chi connectivity index (χ1n) is 7.13. The first-order valence-corrected chi connectivity index (χ1v) is 9.83. The molecule has 1 aliphatic heterocycles. The number of ether oxygens (including phenoxy) is 1. The molecule has 1 atom stereocenters. The van der Waals surface area contributed by atoms with E-state index in [4.69, 9.17) is 16.3 Å². The highest BCUT2D eigenvalue weighted by atomic mass is 35.5. The van der Waals surface area contributed by atoms with Crippen LogP contribution in [-0.2, 0) is 10.0 Å². The Morgan fingerprint density at radius 1 is 1.38 bits per heavy atom. The predicted octanol–water partition coefficient (Wildman–Crippen LogP) is 3.17. The van der Waals surface area contributed by atoms with Crippen molar-refractivity contribution in [2.24, 2.45) is 0 Å². The van der Waals surface area contributed by atoms with Gasteiger partial charge in [-0.1, -0.05) is 23.7 Å². The summed E-state index contributed by atoms with van der Waals surface area (Å²) in [4.78, 5) is 0. The summed E-state index contributed by atoms with van der Waals surface area (Å²) < 4.78 is 33.2. The number of benzene rings is 1. The third-order valence-electron chi connectivity index (χ3n) is 3.79. The van der Waals surface area contributed by atoms with Crippen molar-refractivity contribution in [3.05, 3.63) is 46.3 Å². The van der Waals surface area contributed by atoms with Crippen molar-refractivity contribution in [3.63, 3.8) is 0 Å². The average Bonchev–Trinajstić information content (AvgIpc) is 3.04. The van der Waals surface area contributed by atoms with Crippen molar-refractivity contribution in [2.45, 2.75) is 10.3 Å². The van der Waals surface area contributed by atoms with Crippen molar-refractivity contribution >= 4 is 45.4 Å². The molecule has 1 saturated heterocycles. The molecule has 0 radical (unpaired) electrons. The Morgan fingerprint density at radius 3 is 2.88 bits per heavy atom. The van der Waals surface area contributed by atoms with E-state index >= 15 is 0 Å². The molecule has 3 rings (SSSR count). The summed E-state index contributed by atoms with van der Waals surface area (Å²) in [5.74, 6) is 0.387. The topological polar surface area (TPSA) is 58.6 Å². The van der Waals surface area contributed by atoms with Gasteiger partial charge >= 0.3 is 0 Å². The summed E-state index contributed by atoms with van der Waals surface area (Å²) in [7, 11) is -2.15. The number of methoxy groups -OCH3 is 1. The summed E-state index contributed by atoms with van der Waals surface area (Å²) in [5, 5.41) is 5.57. The number of sulfonamides is 1. The highest BCUT2D eigenvalue weighted by molar-refractivity contribution is 7.91. The van der Waals surface area contributed by atoms with Crippen molar-refractivity contribution in [3.8, 4) is 5.75 Å². The molecule has 9 heteroatoms. The van der Waals surface area contributed by atoms with Crippen LogP contribution < -0.4 is 10.1 Å². The van der Waals surface area contributed by atoms with E-state index in [1.165, 1.54) is 22.8 Å². The minimum absolute atomic E-state index is 0. The third kappa shape index (κ3) is 3.71. The van der Waals surface area contributed by atoms with Gasteiger partial charge in [0.25, 0.3) is 10.0 Å². The lowest BCUT2D eigenvalue weighted by atomic mass is 10.1. The van der Waals surface area contributed by atoms with Crippen LogP contribution in [-0.4, -0.2) is 39.5 Å². The summed E-state index contributed by atoms with van der Waals surface area (Å²) in [5.41, 5.74) is 0.879. The van der Waals surface area contributed by atoms with E-state index in [0.717, 1.165) is 5.56 Å². The number of thiophene rings is 1. The monoisotopic (exact) mass is 408 g/mol. The van der Waals surface area contributed by atoms with Crippen LogP contribution in [0.15, 0.2) is 39.9 Å². The fourth-order valence-electron chi connectivity index (χ4n) is 2.70. The number of nitrogens with one attached hydrogen (secondary N) is 1. The van der Waals surface area contributed by atoms with Gasteiger partial charge in [0.15, 0.2) is 4.21 Å². The normalized spacial score (nSPS) is 18.8. The lowest BCUT2D eigenvalue weighted by Gasteiger charge is -2.35. The zero-order valence-electron chi connectivity index (χ0n) is 12.9. The zero-order valence-corrected chi connectivity index (χ0v) is 16.1. The van der Waals surface area contributed by atoms with Crippen molar-refractivity contribution in [1.82, 2.24) is 9.62 Å². The minimum atomic E-state index is -3.63. The fraction of sp³-hybridized carbons (Fsp3) is 0.333. The zero-order chi connectivity index (χ0) is 16.4. The second-order valence-corrected chi connectivity index (χ2v) is 8.61. The second kappa shape index (κ2) is 8.03. The lowest BCUT2D eigenvalue weighted by molar-refractivity contribution is 0.271. The maximum absolute atomic E-state index is 13.1. The van der Waals surface area contributed by atoms with Gasteiger partial charge in [0.05, 0.1) is 13.2 Å². The maximum atomic E-state index is 13.1. The van der Waals surface area contributed by atoms with Crippen LogP contribution in [0.5, 0.6) is 5.75 Å². The summed E-state index contributed by atoms with van der Waals surface area (Å²) in [6.45, 7) is 1.57. The Morgan fingerprint density at radius 2 is 2.17 bits per heavy atom. The summed E-state index contributed by atoms with van der Waals surface area (Å²) in [6.07, 6.45) is 0. The summed E-state index contributed by atoms with van der Waals surface area (Å²) >= 11 is 7.24. The molecule has 1 aromatic carbocycles. The van der Waals surface area contributed by atoms with Gasteiger partial charge in [0.1, 0.15) is 5.75 Å². The highest BCUT2D eigenvalue weighted by Crippen LogP contribution is 2.36. The highest BCUT2D eigenvalue weighted by Gasteiger charge is 2.36. The molecule has 2 heterocycles. The Bertz CT molecular complexity index is 796. The van der Waals surface area contributed by atoms with E-state index in [0.29, 0.717) is 30.4 Å². The van der Waals surface area contributed by atoms with Gasteiger partial charge in [-0.25, -0.2) is 8.42 Å². The summed E-state index contributed by atoms with van der Waals surface area (Å²) in [6, 6.07) is 8.71. The molecule has 1 N–H and O–H groups in total. The number of nitrogens with zero attached hydrogens (tertiary/aromatic N) is 1. The number of rotatable bonds is 4. The molecule has 2 aromatic rings. The number of halogens is 2. The molecule has 0 aliphatic carbocycles. The molecule has 5 nitrogen and oxygen atoms in total. The number of hydrogen-bond acceptors (Lipinski definition) is 5. The molecule has 1 fully saturated rings. The minimum Gasteiger partial charge on any atom is -0.494 e. The van der Waals surface area contributed by atoms with E-state index in [1.807, 2.05) is 18.2 Å². The van der Waals surface area contributed by atoms with Crippen LogP contribution in [0.1, 0.15) is 11.6 Å². The van der Waals surface area contributed by atoms with Crippen molar-refractivity contribution in [2.75, 3.05) is 26.7 Å². The van der Waals surface area contributed by atoms with Crippen molar-refractivity contribution in [1.29, 1.82) is 0 Å². The standard InChI is InChI=1S/C15H17ClN2O3S2.ClH/c1-21-14-5-8-22-15(14)23(19,20)18-7-6-17-10-13(18)11-3-2-4-12(16)9-11;/h2-5,8-9,13,17H,6-7,10H2,1H3;1H. The fourth-order valence-corrected chi connectivity index (χ4v) is 5.90. The van der Waals surface area contributed by atoms with E-state index in [-0.39, 0.29) is 22.7 Å². The van der Waals surface area contributed by atoms with E-state index in [2.05, 4.69) is 5.32 Å². The molecule has 0 saturated carbocycles. The average molecular weight is 409 g/mol. The molecular formula is C15H18Cl2N2O3S2. The van der Waals surface area contributed by atoms with Gasteiger partial charge in [0.2, 0.25) is 0 Å². The predicted molar refractivity (Wildman–Crippen MR) is 99.1 cm³/mol. The second-order valence-electron chi connectivity index (χ2n) is 5.17.